The summed E-state index contributed by atoms with van der Waals surface area (Å²) in [6.07, 6.45) is 25.3. The molecule has 0 aliphatic carbocycles. The van der Waals surface area contributed by atoms with Gasteiger partial charge in [0, 0.05) is 6.42 Å². The Morgan fingerprint density at radius 3 is 1.93 bits per heavy atom. The first-order valence-electron chi connectivity index (χ1n) is 11.7. The van der Waals surface area contributed by atoms with Gasteiger partial charge in [0.2, 0.25) is 5.91 Å². The Morgan fingerprint density at radius 1 is 0.793 bits per heavy atom. The highest BCUT2D eigenvalue weighted by Gasteiger charge is 2.17. The minimum atomic E-state index is -0.860. The maximum absolute atomic E-state index is 11.9. The fraction of sp³-hybridized carbons (Fsp3) is 0.720. The van der Waals surface area contributed by atoms with Gasteiger partial charge >= 0.3 is 0 Å². The van der Waals surface area contributed by atoms with Crippen LogP contribution >= 0.6 is 0 Å². The number of hydrogen-bond donors (Lipinski definition) is 3. The lowest BCUT2D eigenvalue weighted by Crippen LogP contribution is -2.45. The van der Waals surface area contributed by atoms with E-state index in [0.717, 1.165) is 51.4 Å². The average molecular weight is 408 g/mol. The first-order valence-corrected chi connectivity index (χ1v) is 11.7. The molecule has 0 rings (SSSR count). The topological polar surface area (TPSA) is 69.6 Å². The number of unbranched alkanes of at least 4 members (excludes halogenated alkanes) is 8. The largest absolute Gasteiger partial charge is 0.394 e. The fourth-order valence-corrected chi connectivity index (χ4v) is 2.97. The molecule has 0 aliphatic heterocycles. The Hall–Kier alpha value is -1.39. The molecule has 0 aromatic rings. The minimum Gasteiger partial charge on any atom is -0.394 e. The van der Waals surface area contributed by atoms with E-state index in [1.165, 1.54) is 25.7 Å². The number of aliphatic hydroxyl groups excluding tert-OH is 2. The number of carbonyl (C=O) groups is 1. The standard InChI is InChI=1S/C25H45NO3/c1-3-5-7-9-10-11-12-13-14-15-16-17-18-20-24(28)23(22-27)26-25(29)21-19-8-6-4-2/h10-11,14-15,18,20,23-24,27-28H,3-9,12-13,16-17,19,21-22H2,1-2H3,(H,26,29)/b11-10+,15-14+,20-18+. The second-order valence-corrected chi connectivity index (χ2v) is 7.68. The fourth-order valence-electron chi connectivity index (χ4n) is 2.97. The number of carbonyl (C=O) groups excluding carboxylic acids is 1. The van der Waals surface area contributed by atoms with Gasteiger partial charge in [0.15, 0.2) is 0 Å². The predicted octanol–water partition coefficient (Wildman–Crippen LogP) is 5.60. The molecule has 0 saturated carbocycles. The Balaban J connectivity index is 3.87. The molecule has 0 saturated heterocycles. The Morgan fingerprint density at radius 2 is 1.34 bits per heavy atom. The van der Waals surface area contributed by atoms with Gasteiger partial charge in [-0.1, -0.05) is 82.4 Å². The summed E-state index contributed by atoms with van der Waals surface area (Å²) >= 11 is 0. The molecule has 0 aliphatic rings. The Kier molecular flexibility index (Phi) is 20.3. The lowest BCUT2D eigenvalue weighted by Gasteiger charge is -2.19. The normalized spacial score (nSPS) is 14.2. The van der Waals surface area contributed by atoms with Crippen LogP contribution in [0.1, 0.15) is 97.3 Å². The first kappa shape index (κ1) is 27.6. The zero-order valence-electron chi connectivity index (χ0n) is 18.8. The number of hydrogen-bond acceptors (Lipinski definition) is 3. The zero-order valence-corrected chi connectivity index (χ0v) is 18.8. The van der Waals surface area contributed by atoms with Crippen molar-refractivity contribution in [3.8, 4) is 0 Å². The third-order valence-corrected chi connectivity index (χ3v) is 4.85. The van der Waals surface area contributed by atoms with Crippen LogP contribution in [0.4, 0.5) is 0 Å². The van der Waals surface area contributed by atoms with Gasteiger partial charge in [-0.25, -0.2) is 0 Å². The van der Waals surface area contributed by atoms with Crippen molar-refractivity contribution in [3.63, 3.8) is 0 Å². The van der Waals surface area contributed by atoms with Crippen molar-refractivity contribution < 1.29 is 15.0 Å². The predicted molar refractivity (Wildman–Crippen MR) is 124 cm³/mol. The van der Waals surface area contributed by atoms with Crippen LogP contribution in [0, 0.1) is 0 Å². The van der Waals surface area contributed by atoms with Crippen molar-refractivity contribution in [2.24, 2.45) is 0 Å². The third kappa shape index (κ3) is 18.4. The average Bonchev–Trinajstić information content (AvgIpc) is 2.72. The molecule has 0 fully saturated rings. The molecular weight excluding hydrogens is 362 g/mol. The monoisotopic (exact) mass is 407 g/mol. The Bertz CT molecular complexity index is 457. The van der Waals surface area contributed by atoms with E-state index >= 15 is 0 Å². The van der Waals surface area contributed by atoms with Gasteiger partial charge in [-0.05, 0) is 44.9 Å². The van der Waals surface area contributed by atoms with Gasteiger partial charge in [-0.3, -0.25) is 4.79 Å². The van der Waals surface area contributed by atoms with E-state index in [4.69, 9.17) is 0 Å². The molecule has 0 radical (unpaired) electrons. The molecule has 168 valence electrons. The number of rotatable bonds is 19. The molecule has 4 nitrogen and oxygen atoms in total. The summed E-state index contributed by atoms with van der Waals surface area (Å²) < 4.78 is 0. The second kappa shape index (κ2) is 21.3. The second-order valence-electron chi connectivity index (χ2n) is 7.68. The minimum absolute atomic E-state index is 0.102. The van der Waals surface area contributed by atoms with E-state index in [9.17, 15) is 15.0 Å². The van der Waals surface area contributed by atoms with E-state index in [1.807, 2.05) is 6.08 Å². The van der Waals surface area contributed by atoms with E-state index < -0.39 is 12.1 Å². The van der Waals surface area contributed by atoms with Crippen molar-refractivity contribution in [3.05, 3.63) is 36.5 Å². The molecule has 0 aromatic carbocycles. The smallest absolute Gasteiger partial charge is 0.220 e. The van der Waals surface area contributed by atoms with E-state index in [1.54, 1.807) is 6.08 Å². The Labute approximate surface area is 179 Å². The van der Waals surface area contributed by atoms with Crippen LogP contribution < -0.4 is 5.32 Å². The van der Waals surface area contributed by atoms with Crippen LogP contribution in [-0.2, 0) is 4.79 Å². The van der Waals surface area contributed by atoms with Gasteiger partial charge in [0.05, 0.1) is 18.8 Å². The van der Waals surface area contributed by atoms with Crippen molar-refractivity contribution in [1.82, 2.24) is 5.32 Å². The summed E-state index contributed by atoms with van der Waals surface area (Å²) in [5.74, 6) is -0.102. The van der Waals surface area contributed by atoms with Crippen molar-refractivity contribution in [1.29, 1.82) is 0 Å². The molecule has 1 amide bonds. The summed E-state index contributed by atoms with van der Waals surface area (Å²) in [7, 11) is 0. The van der Waals surface area contributed by atoms with E-state index in [2.05, 4.69) is 43.5 Å². The number of amides is 1. The van der Waals surface area contributed by atoms with Gasteiger partial charge in [-0.2, -0.15) is 0 Å². The highest BCUT2D eigenvalue weighted by Crippen LogP contribution is 2.05. The highest BCUT2D eigenvalue weighted by atomic mass is 16.3. The summed E-state index contributed by atoms with van der Waals surface area (Å²) in [5, 5.41) is 22.3. The van der Waals surface area contributed by atoms with E-state index in [0.29, 0.717) is 6.42 Å². The molecule has 2 unspecified atom stereocenters. The van der Waals surface area contributed by atoms with Crippen LogP contribution in [0.15, 0.2) is 36.5 Å². The van der Waals surface area contributed by atoms with Gasteiger partial charge in [0.25, 0.3) is 0 Å². The van der Waals surface area contributed by atoms with Crippen LogP contribution in [0.25, 0.3) is 0 Å². The molecule has 0 spiro atoms. The van der Waals surface area contributed by atoms with Crippen LogP contribution in [0.5, 0.6) is 0 Å². The first-order chi connectivity index (χ1) is 14.2. The molecule has 29 heavy (non-hydrogen) atoms. The molecule has 4 heteroatoms. The number of allylic oxidation sites excluding steroid dienone is 5. The summed E-state index contributed by atoms with van der Waals surface area (Å²) in [6, 6.07) is -0.635. The third-order valence-electron chi connectivity index (χ3n) is 4.85. The SMILES string of the molecule is CCCCC/C=C/CC/C=C/CC/C=C/C(O)C(CO)NC(=O)CCCCCC. The van der Waals surface area contributed by atoms with Gasteiger partial charge in [-0.15, -0.1) is 0 Å². The number of aliphatic hydroxyl groups is 2. The highest BCUT2D eigenvalue weighted by molar-refractivity contribution is 5.76. The van der Waals surface area contributed by atoms with Crippen LogP contribution in [0.3, 0.4) is 0 Å². The molecule has 0 aromatic heterocycles. The summed E-state index contributed by atoms with van der Waals surface area (Å²) in [5.41, 5.74) is 0. The maximum atomic E-state index is 11.9. The zero-order chi connectivity index (χ0) is 21.6. The number of nitrogens with one attached hydrogen (secondary N) is 1. The summed E-state index contributed by atoms with van der Waals surface area (Å²) in [4.78, 5) is 11.9. The quantitative estimate of drug-likeness (QED) is 0.193. The van der Waals surface area contributed by atoms with Crippen LogP contribution in [-0.4, -0.2) is 34.9 Å². The van der Waals surface area contributed by atoms with E-state index in [-0.39, 0.29) is 12.5 Å². The molecule has 0 heterocycles. The van der Waals surface area contributed by atoms with Gasteiger partial charge < -0.3 is 15.5 Å². The lowest BCUT2D eigenvalue weighted by molar-refractivity contribution is -0.123. The van der Waals surface area contributed by atoms with Crippen molar-refractivity contribution in [2.45, 2.75) is 109 Å². The molecule has 0 bridgehead atoms. The van der Waals surface area contributed by atoms with Crippen molar-refractivity contribution in [2.75, 3.05) is 6.61 Å². The molecule has 2 atom stereocenters. The van der Waals surface area contributed by atoms with Crippen LogP contribution in [0.2, 0.25) is 0 Å². The molecular formula is C25H45NO3. The molecule has 3 N–H and O–H groups in total. The van der Waals surface area contributed by atoms with Gasteiger partial charge in [0.1, 0.15) is 0 Å². The summed E-state index contributed by atoms with van der Waals surface area (Å²) in [6.45, 7) is 4.09. The van der Waals surface area contributed by atoms with Crippen molar-refractivity contribution >= 4 is 5.91 Å². The maximum Gasteiger partial charge on any atom is 0.220 e. The lowest BCUT2D eigenvalue weighted by atomic mass is 10.1.